The van der Waals surface area contributed by atoms with E-state index in [0.29, 0.717) is 19.8 Å². The minimum Gasteiger partial charge on any atom is -0.544 e. The van der Waals surface area contributed by atoms with Crippen molar-refractivity contribution in [2.75, 3.05) is 82.5 Å². The zero-order valence-corrected chi connectivity index (χ0v) is 27.4. The molecule has 0 saturated carbocycles. The van der Waals surface area contributed by atoms with Crippen molar-refractivity contribution < 1.29 is 80.7 Å². The maximum atomic E-state index is 11.1. The zero-order chi connectivity index (χ0) is 32.1. The van der Waals surface area contributed by atoms with Crippen molar-refractivity contribution in [3.8, 4) is 0 Å². The zero-order valence-electron chi connectivity index (χ0n) is 23.8. The third kappa shape index (κ3) is 40.2. The number of carboxylic acid groups (broad SMARTS) is 1. The van der Waals surface area contributed by atoms with Gasteiger partial charge in [-0.1, -0.05) is 0 Å². The predicted octanol–water partition coefficient (Wildman–Crippen LogP) is -0.179. The minimum atomic E-state index is -3.40. The number of quaternary nitrogens is 3. The van der Waals surface area contributed by atoms with Gasteiger partial charge in [0.25, 0.3) is 0 Å². The van der Waals surface area contributed by atoms with E-state index in [9.17, 15) is 28.2 Å². The number of likely N-dealkylation sites (N-methyl/N-ethyl adjacent to an activating group) is 1. The molecule has 0 fully saturated rings. The molecular formula is C18H47N3O14P4-2. The Morgan fingerprint density at radius 3 is 1.41 bits per heavy atom. The molecule has 0 heterocycles. The Morgan fingerprint density at radius 1 is 0.821 bits per heavy atom. The first-order valence-electron chi connectivity index (χ1n) is 10.6. The summed E-state index contributed by atoms with van der Waals surface area (Å²) in [5, 5.41) is 10.1. The molecule has 17 nitrogen and oxygen atoms in total. The lowest BCUT2D eigenvalue weighted by molar-refractivity contribution is -0.870. The summed E-state index contributed by atoms with van der Waals surface area (Å²) in [6, 6.07) is -1.07. The van der Waals surface area contributed by atoms with E-state index in [0.717, 1.165) is 25.2 Å². The molecule has 0 rings (SSSR count). The largest absolute Gasteiger partial charge is 0.544 e. The molecule has 240 valence electrons. The second kappa shape index (κ2) is 22.5. The standard InChI is InChI=1S/C7H18NO3P.C5H11NO5P.C4H11NO3P.C2H6O3P/c1-8(2,3)6-7-11-12(5,9)10-4;1-10-12(2,9)11-3-4(6)5(7)8;1-7-9(2,6)8-4-3-5;1-5-6(2,3)4/h5-7H2,1-4H3;4H,2-3,6H2,1H3,(H,7,8);2-5H2,1H3;2H2,1H3,(H,3,4)/q;3*-1/p+1/t;4-,12?;;/m.1../s1. The predicted molar refractivity (Wildman–Crippen MR) is 142 cm³/mol. The lowest BCUT2D eigenvalue weighted by Gasteiger charge is -2.25. The van der Waals surface area contributed by atoms with Crippen molar-refractivity contribution in [2.45, 2.75) is 6.04 Å². The highest BCUT2D eigenvalue weighted by atomic mass is 31.2. The number of carbonyl (C=O) groups excluding carboxylic acids is 1. The second-order valence-electron chi connectivity index (χ2n) is 8.05. The monoisotopic (exact) mass is 653 g/mol. The van der Waals surface area contributed by atoms with Gasteiger partial charge in [0.1, 0.15) is 38.4 Å². The molecule has 5 atom stereocenters. The summed E-state index contributed by atoms with van der Waals surface area (Å²) in [7, 11) is -1.72. The van der Waals surface area contributed by atoms with E-state index >= 15 is 0 Å². The van der Waals surface area contributed by atoms with Crippen LogP contribution in [0.25, 0.3) is 0 Å². The van der Waals surface area contributed by atoms with Crippen LogP contribution in [0.5, 0.6) is 0 Å². The second-order valence-corrected chi connectivity index (χ2v) is 15.2. The molecule has 7 N–H and O–H groups in total. The van der Waals surface area contributed by atoms with Gasteiger partial charge in [-0.2, -0.15) is 0 Å². The Hall–Kier alpha value is -0.0500. The third-order valence-corrected chi connectivity index (χ3v) is 7.34. The van der Waals surface area contributed by atoms with Crippen molar-refractivity contribution in [2.24, 2.45) is 0 Å². The highest BCUT2D eigenvalue weighted by Gasteiger charge is 2.13. The van der Waals surface area contributed by atoms with E-state index in [2.05, 4.69) is 65.3 Å². The normalized spacial score (nSPS) is 18.0. The van der Waals surface area contributed by atoms with Crippen molar-refractivity contribution >= 4 is 36.4 Å². The highest BCUT2D eigenvalue weighted by molar-refractivity contribution is 7.55. The number of carboxylic acids is 1. The number of aliphatic carboxylic acids is 1. The van der Waals surface area contributed by atoms with Gasteiger partial charge in [0.05, 0.1) is 27.7 Å². The Balaban J connectivity index is -0.000000216. The molecule has 39 heavy (non-hydrogen) atoms. The Labute approximate surface area is 232 Å². The smallest absolute Gasteiger partial charge is 0.184 e. The molecule has 0 bridgehead atoms. The van der Waals surface area contributed by atoms with E-state index in [4.69, 9.17) is 9.42 Å². The van der Waals surface area contributed by atoms with E-state index in [-0.39, 0.29) is 6.61 Å². The molecule has 0 aliphatic carbocycles. The summed E-state index contributed by atoms with van der Waals surface area (Å²) in [4.78, 5) is 18.1. The molecule has 0 aromatic rings. The highest BCUT2D eigenvalue weighted by Crippen LogP contribution is 2.45. The van der Waals surface area contributed by atoms with Crippen LogP contribution in [0.15, 0.2) is 0 Å². The fourth-order valence-corrected chi connectivity index (χ4v) is 2.58. The van der Waals surface area contributed by atoms with Crippen molar-refractivity contribution in [1.82, 2.24) is 0 Å². The number of carbonyl (C=O) groups is 1. The van der Waals surface area contributed by atoms with Crippen LogP contribution >= 0.6 is 30.4 Å². The molecule has 0 aromatic heterocycles. The van der Waals surface area contributed by atoms with Crippen molar-refractivity contribution in [3.63, 3.8) is 0 Å². The number of nitrogens with zero attached hydrogens (tertiary/aromatic N) is 1. The molecule has 0 saturated heterocycles. The molecule has 21 heteroatoms. The van der Waals surface area contributed by atoms with Gasteiger partial charge >= 0.3 is 0 Å². The third-order valence-electron chi connectivity index (χ3n) is 3.41. The van der Waals surface area contributed by atoms with E-state index in [1.165, 1.54) is 14.2 Å². The molecule has 0 radical (unpaired) electrons. The molecule has 4 unspecified atom stereocenters. The summed E-state index contributed by atoms with van der Waals surface area (Å²) in [6.07, 6.45) is 0. The molecule has 0 aliphatic heterocycles. The van der Waals surface area contributed by atoms with E-state index in [1.807, 2.05) is 21.1 Å². The molecule has 0 aliphatic rings. The summed E-state index contributed by atoms with van der Waals surface area (Å²) < 4.78 is 74.8. The van der Waals surface area contributed by atoms with Gasteiger partial charge in [0.2, 0.25) is 0 Å². The van der Waals surface area contributed by atoms with Gasteiger partial charge in [-0.25, -0.2) is 26.7 Å². The van der Waals surface area contributed by atoms with E-state index < -0.39 is 42.4 Å². The molecule has 0 spiro atoms. The SMILES string of the molecule is [CH2-]P(=O)(O)OC.[CH2-]P(=O)(OC)OCC[N+](C)(C)C.[CH2-]P(=O)(OC)OCC[NH3+].[CH2-]P(=O)(OC)OC[C@@H]([NH3+])C(=O)[O-]. The topological polar surface area (TPSA) is 249 Å². The van der Waals surface area contributed by atoms with Gasteiger partial charge in [0.15, 0.2) is 30.4 Å². The summed E-state index contributed by atoms with van der Waals surface area (Å²) in [5.41, 5.74) is 6.68. The van der Waals surface area contributed by atoms with Crippen LogP contribution < -0.4 is 16.6 Å². The van der Waals surface area contributed by atoms with Crippen molar-refractivity contribution in [3.05, 3.63) is 26.7 Å². The average Bonchev–Trinajstić information content (AvgIpc) is 2.81. The maximum Gasteiger partial charge on any atom is 0.184 e. The lowest BCUT2D eigenvalue weighted by Crippen LogP contribution is -2.70. The Kier molecular flexibility index (Phi) is 26.5. The van der Waals surface area contributed by atoms with Crippen LogP contribution in [0.3, 0.4) is 0 Å². The van der Waals surface area contributed by atoms with Crippen LogP contribution in [0.4, 0.5) is 0 Å². The minimum absolute atomic E-state index is 0.328. The summed E-state index contributed by atoms with van der Waals surface area (Å²) >= 11 is 0. The van der Waals surface area contributed by atoms with Gasteiger partial charge < -0.3 is 62.4 Å². The Bertz CT molecular complexity index is 834. The van der Waals surface area contributed by atoms with Gasteiger partial charge in [-0.15, -0.1) is 0 Å². The molecule has 0 aromatic carbocycles. The number of hydrogen-bond donors (Lipinski definition) is 3. The lowest BCUT2D eigenvalue weighted by atomic mass is 10.3. The average molecular weight is 653 g/mol. The summed E-state index contributed by atoms with van der Waals surface area (Å²) in [6.45, 7) is 14.1. The first-order chi connectivity index (χ1) is 17.3. The maximum absolute atomic E-state index is 11.1. The first-order valence-corrected chi connectivity index (χ1v) is 17.6. The van der Waals surface area contributed by atoms with Crippen LogP contribution in [-0.2, 0) is 54.7 Å². The number of rotatable bonds is 15. The van der Waals surface area contributed by atoms with Crippen LogP contribution in [0.2, 0.25) is 0 Å². The summed E-state index contributed by atoms with van der Waals surface area (Å²) in [5.74, 6) is -1.37. The molecule has 0 amide bonds. The molecular weight excluding hydrogens is 606 g/mol. The van der Waals surface area contributed by atoms with E-state index in [1.54, 1.807) is 0 Å². The Morgan fingerprint density at radius 2 is 1.15 bits per heavy atom. The van der Waals surface area contributed by atoms with Crippen molar-refractivity contribution in [1.29, 1.82) is 0 Å². The van der Waals surface area contributed by atoms with Gasteiger partial charge in [0, 0.05) is 28.4 Å². The van der Waals surface area contributed by atoms with Gasteiger partial charge in [-0.3, -0.25) is 18.3 Å². The number of hydrogen-bond acceptors (Lipinski definition) is 13. The fourth-order valence-electron chi connectivity index (χ4n) is 1.09. The quantitative estimate of drug-likeness (QED) is 0.118. The van der Waals surface area contributed by atoms with Crippen LogP contribution in [-0.4, -0.2) is 104 Å². The van der Waals surface area contributed by atoms with Crippen LogP contribution in [0, 0.1) is 26.7 Å². The van der Waals surface area contributed by atoms with Gasteiger partial charge in [-0.05, 0) is 0 Å². The fraction of sp³-hybridized carbons (Fsp3) is 0.722. The van der Waals surface area contributed by atoms with Crippen LogP contribution in [0.1, 0.15) is 0 Å². The first kappa shape index (κ1) is 45.9.